The Morgan fingerprint density at radius 1 is 1.45 bits per heavy atom. The van der Waals surface area contributed by atoms with E-state index in [1.807, 2.05) is 0 Å². The second-order valence-electron chi connectivity index (χ2n) is 6.22. The van der Waals surface area contributed by atoms with Crippen molar-refractivity contribution in [1.82, 2.24) is 10.2 Å². The van der Waals surface area contributed by atoms with Crippen molar-refractivity contribution in [3.8, 4) is 0 Å². The van der Waals surface area contributed by atoms with Crippen molar-refractivity contribution in [2.45, 2.75) is 64.2 Å². The van der Waals surface area contributed by atoms with Crippen molar-refractivity contribution < 1.29 is 4.79 Å². The van der Waals surface area contributed by atoms with Gasteiger partial charge < -0.3 is 4.90 Å². The van der Waals surface area contributed by atoms with Crippen molar-refractivity contribution >= 4 is 17.2 Å². The summed E-state index contributed by atoms with van der Waals surface area (Å²) in [7, 11) is 0. The van der Waals surface area contributed by atoms with E-state index in [4.69, 9.17) is 0 Å². The third-order valence-electron chi connectivity index (χ3n) is 4.71. The van der Waals surface area contributed by atoms with E-state index in [0.717, 1.165) is 25.2 Å². The molecule has 3 nitrogen and oxygen atoms in total. The molecule has 3 rings (SSSR count). The van der Waals surface area contributed by atoms with Gasteiger partial charge in [-0.05, 0) is 36.6 Å². The fourth-order valence-electron chi connectivity index (χ4n) is 3.65. The van der Waals surface area contributed by atoms with Gasteiger partial charge >= 0.3 is 0 Å². The lowest BCUT2D eigenvalue weighted by molar-refractivity contribution is -0.133. The van der Waals surface area contributed by atoms with Crippen LogP contribution in [0.3, 0.4) is 0 Å². The highest BCUT2D eigenvalue weighted by Gasteiger charge is 2.43. The van der Waals surface area contributed by atoms with Crippen LogP contribution in [0.4, 0.5) is 0 Å². The summed E-state index contributed by atoms with van der Waals surface area (Å²) in [5.74, 6) is 1.05. The lowest BCUT2D eigenvalue weighted by atomic mass is 9.86. The molecule has 1 amide bonds. The third kappa shape index (κ3) is 2.51. The number of nitrogens with zero attached hydrogens (tertiary/aromatic N) is 1. The summed E-state index contributed by atoms with van der Waals surface area (Å²) in [5, 5.41) is 5.64. The van der Waals surface area contributed by atoms with Gasteiger partial charge in [-0.15, -0.1) is 11.3 Å². The van der Waals surface area contributed by atoms with Crippen LogP contribution in [-0.2, 0) is 4.79 Å². The molecule has 4 heteroatoms. The SMILES string of the molecule is CCC1NC(c2cccs2)N(C2CCCC(C)C2)C1=O. The van der Waals surface area contributed by atoms with Crippen LogP contribution in [0.25, 0.3) is 0 Å². The fraction of sp³-hybridized carbons (Fsp3) is 0.688. The molecule has 2 fully saturated rings. The number of hydrogen-bond donors (Lipinski definition) is 1. The Bertz CT molecular complexity index is 459. The van der Waals surface area contributed by atoms with Crippen molar-refractivity contribution in [2.24, 2.45) is 5.92 Å². The molecule has 0 radical (unpaired) electrons. The molecule has 1 aromatic rings. The Labute approximate surface area is 125 Å². The quantitative estimate of drug-likeness (QED) is 0.924. The first kappa shape index (κ1) is 14.1. The Hall–Kier alpha value is -0.870. The van der Waals surface area contributed by atoms with Crippen LogP contribution in [0.15, 0.2) is 17.5 Å². The molecular formula is C16H24N2OS. The van der Waals surface area contributed by atoms with Crippen LogP contribution in [0.5, 0.6) is 0 Å². The van der Waals surface area contributed by atoms with E-state index in [1.165, 1.54) is 17.7 Å². The van der Waals surface area contributed by atoms with E-state index >= 15 is 0 Å². The van der Waals surface area contributed by atoms with Gasteiger partial charge in [-0.1, -0.05) is 32.8 Å². The van der Waals surface area contributed by atoms with Crippen LogP contribution >= 0.6 is 11.3 Å². The average Bonchev–Trinajstić information content (AvgIpc) is 3.05. The molecule has 1 aromatic heterocycles. The number of carbonyl (C=O) groups excluding carboxylic acids is 1. The zero-order valence-electron chi connectivity index (χ0n) is 12.3. The largest absolute Gasteiger partial charge is 0.318 e. The number of amides is 1. The molecule has 2 aliphatic rings. The van der Waals surface area contributed by atoms with Gasteiger partial charge in [0, 0.05) is 10.9 Å². The number of hydrogen-bond acceptors (Lipinski definition) is 3. The van der Waals surface area contributed by atoms with Crippen molar-refractivity contribution in [3.05, 3.63) is 22.4 Å². The van der Waals surface area contributed by atoms with E-state index in [0.29, 0.717) is 11.9 Å². The van der Waals surface area contributed by atoms with Gasteiger partial charge in [-0.2, -0.15) is 0 Å². The third-order valence-corrected chi connectivity index (χ3v) is 5.64. The molecule has 1 saturated carbocycles. The zero-order chi connectivity index (χ0) is 14.1. The summed E-state index contributed by atoms with van der Waals surface area (Å²) >= 11 is 1.75. The van der Waals surface area contributed by atoms with Gasteiger partial charge in [-0.25, -0.2) is 0 Å². The van der Waals surface area contributed by atoms with E-state index in [2.05, 4.69) is 41.6 Å². The van der Waals surface area contributed by atoms with Crippen LogP contribution < -0.4 is 5.32 Å². The van der Waals surface area contributed by atoms with Crippen molar-refractivity contribution in [3.63, 3.8) is 0 Å². The van der Waals surface area contributed by atoms with Crippen LogP contribution in [0, 0.1) is 5.92 Å². The minimum Gasteiger partial charge on any atom is -0.318 e. The van der Waals surface area contributed by atoms with Gasteiger partial charge in [0.25, 0.3) is 0 Å². The van der Waals surface area contributed by atoms with E-state index in [9.17, 15) is 4.79 Å². The number of thiophene rings is 1. The topological polar surface area (TPSA) is 32.3 Å². The van der Waals surface area contributed by atoms with Gasteiger partial charge in [-0.3, -0.25) is 10.1 Å². The maximum Gasteiger partial charge on any atom is 0.241 e. The first-order valence-corrected chi connectivity index (χ1v) is 8.70. The van der Waals surface area contributed by atoms with Gasteiger partial charge in [0.15, 0.2) is 0 Å². The average molecular weight is 292 g/mol. The maximum atomic E-state index is 12.7. The highest BCUT2D eigenvalue weighted by molar-refractivity contribution is 7.10. The van der Waals surface area contributed by atoms with Crippen LogP contribution in [0.1, 0.15) is 57.0 Å². The minimum atomic E-state index is -0.000618. The summed E-state index contributed by atoms with van der Waals surface area (Å²) in [6.45, 7) is 4.41. The molecule has 1 N–H and O–H groups in total. The van der Waals surface area contributed by atoms with Gasteiger partial charge in [0.2, 0.25) is 5.91 Å². The highest BCUT2D eigenvalue weighted by atomic mass is 32.1. The molecule has 4 atom stereocenters. The second-order valence-corrected chi connectivity index (χ2v) is 7.20. The molecule has 1 saturated heterocycles. The molecule has 110 valence electrons. The lowest BCUT2D eigenvalue weighted by Crippen LogP contribution is -2.42. The number of rotatable bonds is 3. The van der Waals surface area contributed by atoms with E-state index in [1.54, 1.807) is 11.3 Å². The molecule has 0 aromatic carbocycles. The van der Waals surface area contributed by atoms with E-state index < -0.39 is 0 Å². The van der Waals surface area contributed by atoms with Crippen molar-refractivity contribution in [2.75, 3.05) is 0 Å². The lowest BCUT2D eigenvalue weighted by Gasteiger charge is -2.37. The first-order valence-electron chi connectivity index (χ1n) is 7.82. The summed E-state index contributed by atoms with van der Waals surface area (Å²) in [5.41, 5.74) is 0. The van der Waals surface area contributed by atoms with E-state index in [-0.39, 0.29) is 12.2 Å². The molecule has 2 heterocycles. The summed E-state index contributed by atoms with van der Waals surface area (Å²) in [6, 6.07) is 4.64. The second kappa shape index (κ2) is 5.86. The van der Waals surface area contributed by atoms with Crippen molar-refractivity contribution in [1.29, 1.82) is 0 Å². The maximum absolute atomic E-state index is 12.7. The predicted octanol–water partition coefficient (Wildman–Crippen LogP) is 3.54. The van der Waals surface area contributed by atoms with Crippen LogP contribution in [-0.4, -0.2) is 22.9 Å². The smallest absolute Gasteiger partial charge is 0.241 e. The molecular weight excluding hydrogens is 268 g/mol. The predicted molar refractivity (Wildman–Crippen MR) is 82.5 cm³/mol. The molecule has 1 aliphatic heterocycles. The molecule has 0 bridgehead atoms. The standard InChI is InChI=1S/C16H24N2OS/c1-3-13-16(19)18(12-7-4-6-11(2)10-12)15(17-13)14-8-5-9-20-14/h5,8-9,11-13,15,17H,3-4,6-7,10H2,1-2H3. The Balaban J connectivity index is 1.85. The normalized spacial score (nSPS) is 34.7. The monoisotopic (exact) mass is 292 g/mol. The Kier molecular flexibility index (Phi) is 4.13. The number of nitrogens with one attached hydrogen (secondary N) is 1. The molecule has 4 unspecified atom stereocenters. The zero-order valence-corrected chi connectivity index (χ0v) is 13.2. The summed E-state index contributed by atoms with van der Waals surface area (Å²) in [6.07, 6.45) is 5.86. The Morgan fingerprint density at radius 2 is 2.30 bits per heavy atom. The minimum absolute atomic E-state index is 0.000618. The van der Waals surface area contributed by atoms with Crippen LogP contribution in [0.2, 0.25) is 0 Å². The molecule has 20 heavy (non-hydrogen) atoms. The fourth-order valence-corrected chi connectivity index (χ4v) is 4.44. The number of carbonyl (C=O) groups is 1. The summed E-state index contributed by atoms with van der Waals surface area (Å²) in [4.78, 5) is 16.1. The first-order chi connectivity index (χ1) is 9.70. The van der Waals surface area contributed by atoms with Gasteiger partial charge in [0.05, 0.1) is 6.04 Å². The highest BCUT2D eigenvalue weighted by Crippen LogP contribution is 2.37. The summed E-state index contributed by atoms with van der Waals surface area (Å²) < 4.78 is 0. The Morgan fingerprint density at radius 3 is 2.95 bits per heavy atom. The van der Waals surface area contributed by atoms with Gasteiger partial charge in [0.1, 0.15) is 6.17 Å². The molecule has 1 aliphatic carbocycles. The molecule has 0 spiro atoms.